The fourth-order valence-electron chi connectivity index (χ4n) is 2.45. The van der Waals surface area contributed by atoms with Crippen LogP contribution in [-0.2, 0) is 9.53 Å². The lowest BCUT2D eigenvalue weighted by Crippen LogP contribution is -2.41. The molecule has 2 heterocycles. The van der Waals surface area contributed by atoms with Gasteiger partial charge < -0.3 is 19.3 Å². The molecule has 2 unspecified atom stereocenters. The number of methoxy groups -OCH3 is 1. The van der Waals surface area contributed by atoms with E-state index in [1.165, 1.54) is 18.2 Å². The zero-order chi connectivity index (χ0) is 14.9. The number of carboxylic acids is 1. The molecule has 20 heavy (non-hydrogen) atoms. The third-order valence-corrected chi connectivity index (χ3v) is 3.56. The van der Waals surface area contributed by atoms with Gasteiger partial charge in [-0.3, -0.25) is 4.79 Å². The molecular formula is C13H19N3O4. The van der Waals surface area contributed by atoms with Crippen LogP contribution in [0, 0.1) is 0 Å². The number of hydrogen-bond acceptors (Lipinski definition) is 5. The van der Waals surface area contributed by atoms with E-state index in [1.54, 1.807) is 10.8 Å². The van der Waals surface area contributed by atoms with Gasteiger partial charge in [-0.25, -0.2) is 9.78 Å². The summed E-state index contributed by atoms with van der Waals surface area (Å²) in [4.78, 5) is 29.3. The normalized spacial score (nSPS) is 22.5. The number of anilines is 1. The summed E-state index contributed by atoms with van der Waals surface area (Å²) >= 11 is 0. The van der Waals surface area contributed by atoms with E-state index in [1.807, 2.05) is 13.8 Å². The van der Waals surface area contributed by atoms with Gasteiger partial charge in [0.25, 0.3) is 5.56 Å². The number of rotatable bonds is 4. The van der Waals surface area contributed by atoms with Crippen molar-refractivity contribution in [3.63, 3.8) is 0 Å². The molecule has 1 saturated heterocycles. The van der Waals surface area contributed by atoms with E-state index < -0.39 is 12.0 Å². The summed E-state index contributed by atoms with van der Waals surface area (Å²) < 4.78 is 6.76. The monoisotopic (exact) mass is 281 g/mol. The minimum absolute atomic E-state index is 0.00615. The lowest BCUT2D eigenvalue weighted by Gasteiger charge is -2.22. The van der Waals surface area contributed by atoms with Crippen LogP contribution in [0.5, 0.6) is 0 Å². The van der Waals surface area contributed by atoms with Crippen LogP contribution < -0.4 is 10.5 Å². The molecule has 1 aromatic heterocycles. The number of carbonyl (C=O) groups is 1. The van der Waals surface area contributed by atoms with Gasteiger partial charge in [-0.15, -0.1) is 0 Å². The maximum Gasteiger partial charge on any atom is 0.326 e. The van der Waals surface area contributed by atoms with Crippen molar-refractivity contribution in [2.24, 2.45) is 0 Å². The molecule has 110 valence electrons. The standard InChI is InChI=1S/C13H19N3O4/c1-8(2)15-5-4-14-11(12(15)17)16-7-9(20-3)6-10(16)13(18)19/h4-5,8-10H,6-7H2,1-3H3,(H,18,19). The number of aliphatic carboxylic acids is 1. The molecule has 2 rings (SSSR count). The van der Waals surface area contributed by atoms with Crippen molar-refractivity contribution in [3.05, 3.63) is 22.7 Å². The molecule has 2 atom stereocenters. The Balaban J connectivity index is 2.42. The van der Waals surface area contributed by atoms with Crippen molar-refractivity contribution in [3.8, 4) is 0 Å². The van der Waals surface area contributed by atoms with Crippen molar-refractivity contribution in [1.29, 1.82) is 0 Å². The number of ether oxygens (including phenoxy) is 1. The van der Waals surface area contributed by atoms with Crippen molar-refractivity contribution in [2.75, 3.05) is 18.6 Å². The number of aromatic nitrogens is 2. The average Bonchev–Trinajstić information content (AvgIpc) is 2.82. The van der Waals surface area contributed by atoms with Gasteiger partial charge in [0.15, 0.2) is 5.82 Å². The van der Waals surface area contributed by atoms with E-state index in [2.05, 4.69) is 4.98 Å². The molecule has 0 saturated carbocycles. The Kier molecular flexibility index (Phi) is 4.08. The third-order valence-electron chi connectivity index (χ3n) is 3.56. The van der Waals surface area contributed by atoms with Crippen LogP contribution in [0.1, 0.15) is 26.3 Å². The fraction of sp³-hybridized carbons (Fsp3) is 0.615. The Labute approximate surface area is 116 Å². The first-order valence-electron chi connectivity index (χ1n) is 6.55. The number of hydrogen-bond donors (Lipinski definition) is 1. The summed E-state index contributed by atoms with van der Waals surface area (Å²) in [5.74, 6) is -0.793. The van der Waals surface area contributed by atoms with E-state index in [4.69, 9.17) is 4.74 Å². The summed E-state index contributed by atoms with van der Waals surface area (Å²) in [7, 11) is 1.54. The Morgan fingerprint density at radius 2 is 2.25 bits per heavy atom. The van der Waals surface area contributed by atoms with E-state index in [0.29, 0.717) is 13.0 Å². The molecule has 0 bridgehead atoms. The summed E-state index contributed by atoms with van der Waals surface area (Å²) in [6.07, 6.45) is 3.28. The van der Waals surface area contributed by atoms with Crippen LogP contribution >= 0.6 is 0 Å². The molecule has 1 aliphatic rings. The summed E-state index contributed by atoms with van der Waals surface area (Å²) in [6.45, 7) is 4.14. The van der Waals surface area contributed by atoms with E-state index in [9.17, 15) is 14.7 Å². The van der Waals surface area contributed by atoms with Crippen LogP contribution in [0.25, 0.3) is 0 Å². The van der Waals surface area contributed by atoms with Gasteiger partial charge in [-0.2, -0.15) is 0 Å². The maximum atomic E-state index is 12.4. The van der Waals surface area contributed by atoms with Crippen molar-refractivity contribution in [1.82, 2.24) is 9.55 Å². The Bertz CT molecular complexity index is 555. The second-order valence-corrected chi connectivity index (χ2v) is 5.16. The summed E-state index contributed by atoms with van der Waals surface area (Å²) in [6, 6.07) is -0.781. The lowest BCUT2D eigenvalue weighted by molar-refractivity contribution is -0.138. The molecule has 7 nitrogen and oxygen atoms in total. The fourth-order valence-corrected chi connectivity index (χ4v) is 2.45. The van der Waals surface area contributed by atoms with Crippen molar-refractivity contribution < 1.29 is 14.6 Å². The van der Waals surface area contributed by atoms with Gasteiger partial charge in [0, 0.05) is 38.5 Å². The quantitative estimate of drug-likeness (QED) is 0.865. The molecule has 0 spiro atoms. The van der Waals surface area contributed by atoms with Crippen LogP contribution in [0.15, 0.2) is 17.2 Å². The highest BCUT2D eigenvalue weighted by Crippen LogP contribution is 2.23. The highest BCUT2D eigenvalue weighted by molar-refractivity contribution is 5.78. The molecule has 0 aromatic carbocycles. The van der Waals surface area contributed by atoms with E-state index in [-0.39, 0.29) is 23.5 Å². The van der Waals surface area contributed by atoms with Gasteiger partial charge in [-0.1, -0.05) is 0 Å². The topological polar surface area (TPSA) is 84.7 Å². The van der Waals surface area contributed by atoms with Crippen molar-refractivity contribution >= 4 is 11.8 Å². The molecule has 1 aliphatic heterocycles. The SMILES string of the molecule is COC1CC(C(=O)O)N(c2nccn(C(C)C)c2=O)C1. The molecular weight excluding hydrogens is 262 g/mol. The molecule has 1 aromatic rings. The zero-order valence-corrected chi connectivity index (χ0v) is 11.8. The minimum atomic E-state index is -0.967. The van der Waals surface area contributed by atoms with Gasteiger partial charge >= 0.3 is 5.97 Å². The van der Waals surface area contributed by atoms with E-state index >= 15 is 0 Å². The average molecular weight is 281 g/mol. The lowest BCUT2D eigenvalue weighted by atomic mass is 10.2. The highest BCUT2D eigenvalue weighted by Gasteiger charge is 2.39. The van der Waals surface area contributed by atoms with E-state index in [0.717, 1.165) is 0 Å². The van der Waals surface area contributed by atoms with Crippen molar-refractivity contribution in [2.45, 2.75) is 38.5 Å². The predicted octanol–water partition coefficient (Wildman–Crippen LogP) is 0.502. The second kappa shape index (κ2) is 5.62. The van der Waals surface area contributed by atoms with Gasteiger partial charge in [0.1, 0.15) is 6.04 Å². The molecule has 0 amide bonds. The van der Waals surface area contributed by atoms with Gasteiger partial charge in [-0.05, 0) is 13.8 Å². The number of carboxylic acid groups (broad SMARTS) is 1. The Hall–Kier alpha value is -1.89. The molecule has 0 aliphatic carbocycles. The minimum Gasteiger partial charge on any atom is -0.480 e. The van der Waals surface area contributed by atoms with Crippen LogP contribution in [-0.4, -0.2) is 46.4 Å². The summed E-state index contributed by atoms with van der Waals surface area (Å²) in [5.41, 5.74) is -0.273. The Morgan fingerprint density at radius 3 is 2.80 bits per heavy atom. The zero-order valence-electron chi connectivity index (χ0n) is 11.8. The first kappa shape index (κ1) is 14.5. The van der Waals surface area contributed by atoms with Crippen LogP contribution in [0.4, 0.5) is 5.82 Å². The van der Waals surface area contributed by atoms with Crippen LogP contribution in [0.2, 0.25) is 0 Å². The summed E-state index contributed by atoms with van der Waals surface area (Å²) in [5, 5.41) is 9.29. The smallest absolute Gasteiger partial charge is 0.326 e. The maximum absolute atomic E-state index is 12.4. The largest absolute Gasteiger partial charge is 0.480 e. The molecule has 0 radical (unpaired) electrons. The van der Waals surface area contributed by atoms with Crippen LogP contribution in [0.3, 0.4) is 0 Å². The first-order chi connectivity index (χ1) is 9.45. The number of nitrogens with zero attached hydrogens (tertiary/aromatic N) is 3. The second-order valence-electron chi connectivity index (χ2n) is 5.16. The molecule has 1 N–H and O–H groups in total. The predicted molar refractivity (Wildman–Crippen MR) is 73.1 cm³/mol. The highest BCUT2D eigenvalue weighted by atomic mass is 16.5. The van der Waals surface area contributed by atoms with Gasteiger partial charge in [0.2, 0.25) is 0 Å². The first-order valence-corrected chi connectivity index (χ1v) is 6.55. The Morgan fingerprint density at radius 1 is 1.55 bits per heavy atom. The molecule has 1 fully saturated rings. The molecule has 7 heteroatoms. The third kappa shape index (κ3) is 2.53. The van der Waals surface area contributed by atoms with Gasteiger partial charge in [0.05, 0.1) is 6.10 Å².